The summed E-state index contributed by atoms with van der Waals surface area (Å²) in [6, 6.07) is 0. The Bertz CT molecular complexity index is 1300. The van der Waals surface area contributed by atoms with Crippen LogP contribution in [-0.4, -0.2) is 98.3 Å². The molecule has 0 aliphatic heterocycles. The monoisotopic (exact) mass is 885 g/mol. The number of unbranched alkanes of at least 4 members (excludes halogenated alkanes) is 15. The predicted molar refractivity (Wildman–Crippen MR) is 239 cm³/mol. The second-order valence-electron chi connectivity index (χ2n) is 15.9. The van der Waals surface area contributed by atoms with E-state index < -0.39 is 75.7 Å². The molecule has 1 aliphatic rings. The smallest absolute Gasteiger partial charge is 0.462 e. The first-order chi connectivity index (χ1) is 29.4. The van der Waals surface area contributed by atoms with Gasteiger partial charge >= 0.3 is 19.8 Å². The van der Waals surface area contributed by atoms with E-state index in [1.165, 1.54) is 51.4 Å². The second kappa shape index (κ2) is 37.0. The van der Waals surface area contributed by atoms with Gasteiger partial charge in [-0.2, -0.15) is 0 Å². The lowest BCUT2D eigenvalue weighted by atomic mass is 9.85. The van der Waals surface area contributed by atoms with Gasteiger partial charge in [0.2, 0.25) is 0 Å². The summed E-state index contributed by atoms with van der Waals surface area (Å²) < 4.78 is 33.5. The molecule has 0 radical (unpaired) electrons. The lowest BCUT2D eigenvalue weighted by Gasteiger charge is -2.41. The quantitative estimate of drug-likeness (QED) is 0.0149. The Morgan fingerprint density at radius 1 is 0.508 bits per heavy atom. The number of esters is 2. The number of hydrogen-bond acceptors (Lipinski definition) is 12. The third-order valence-corrected chi connectivity index (χ3v) is 11.3. The molecule has 0 aromatic rings. The molecule has 0 aromatic heterocycles. The van der Waals surface area contributed by atoms with Crippen LogP contribution >= 0.6 is 7.82 Å². The maximum absolute atomic E-state index is 12.8. The fourth-order valence-corrected chi connectivity index (χ4v) is 7.52. The van der Waals surface area contributed by atoms with E-state index in [9.17, 15) is 44.6 Å². The van der Waals surface area contributed by atoms with Gasteiger partial charge in [-0.05, 0) is 70.6 Å². The second-order valence-corrected chi connectivity index (χ2v) is 17.3. The lowest BCUT2D eigenvalue weighted by molar-refractivity contribution is -0.220. The molecular weight excluding hydrogens is 803 g/mol. The topological polar surface area (TPSA) is 210 Å². The van der Waals surface area contributed by atoms with Crippen LogP contribution in [0.15, 0.2) is 60.8 Å². The summed E-state index contributed by atoms with van der Waals surface area (Å²) in [5, 5.41) is 50.1. The molecule has 6 N–H and O–H groups in total. The molecule has 0 spiro atoms. The maximum Gasteiger partial charge on any atom is 0.472 e. The van der Waals surface area contributed by atoms with Crippen LogP contribution in [0.4, 0.5) is 0 Å². The SMILES string of the molecule is CCC/C=C/C/C=C/C/C=C/C/C=C/CCCCCC(=O)O[C@H](COC(=O)CCCCCCCCCCC/C=C/CCCC)COP(=O)(O)OC1C(O)C(O)C(O)[C@H](O)C1O. The van der Waals surface area contributed by atoms with Crippen molar-refractivity contribution in [2.24, 2.45) is 0 Å². The summed E-state index contributed by atoms with van der Waals surface area (Å²) >= 11 is 0. The molecule has 13 nitrogen and oxygen atoms in total. The van der Waals surface area contributed by atoms with Crippen molar-refractivity contribution in [3.63, 3.8) is 0 Å². The molecule has 0 heterocycles. The first kappa shape index (κ1) is 56.6. The minimum atomic E-state index is -5.13. The van der Waals surface area contributed by atoms with Crippen molar-refractivity contribution in [2.75, 3.05) is 13.2 Å². The molecule has 0 saturated heterocycles. The minimum absolute atomic E-state index is 0.0567. The van der Waals surface area contributed by atoms with Crippen LogP contribution in [0.3, 0.4) is 0 Å². The van der Waals surface area contributed by atoms with Gasteiger partial charge in [-0.3, -0.25) is 18.6 Å². The van der Waals surface area contributed by atoms with Crippen molar-refractivity contribution >= 4 is 19.8 Å². The number of ether oxygens (including phenoxy) is 2. The van der Waals surface area contributed by atoms with Gasteiger partial charge in [0.15, 0.2) is 6.10 Å². The molecule has 1 rings (SSSR count). The van der Waals surface area contributed by atoms with E-state index in [1.807, 2.05) is 0 Å². The molecule has 0 bridgehead atoms. The van der Waals surface area contributed by atoms with Crippen LogP contribution in [0.25, 0.3) is 0 Å². The zero-order valence-corrected chi connectivity index (χ0v) is 38.1. The Morgan fingerprint density at radius 2 is 0.918 bits per heavy atom. The van der Waals surface area contributed by atoms with Crippen molar-refractivity contribution in [1.82, 2.24) is 0 Å². The van der Waals surface area contributed by atoms with Gasteiger partial charge in [0, 0.05) is 12.8 Å². The molecular formula is C47H81O13P. The summed E-state index contributed by atoms with van der Waals surface area (Å²) in [7, 11) is -5.13. The van der Waals surface area contributed by atoms with Gasteiger partial charge < -0.3 is 39.9 Å². The highest BCUT2D eigenvalue weighted by Crippen LogP contribution is 2.47. The first-order valence-corrected chi connectivity index (χ1v) is 24.6. The molecule has 14 heteroatoms. The minimum Gasteiger partial charge on any atom is -0.462 e. The molecule has 0 aromatic carbocycles. The van der Waals surface area contributed by atoms with Crippen molar-refractivity contribution in [1.29, 1.82) is 0 Å². The lowest BCUT2D eigenvalue weighted by Crippen LogP contribution is -2.64. The Kier molecular flexibility index (Phi) is 34.3. The van der Waals surface area contributed by atoms with Crippen molar-refractivity contribution in [3.8, 4) is 0 Å². The van der Waals surface area contributed by atoms with Crippen molar-refractivity contribution < 1.29 is 63.1 Å². The molecule has 1 saturated carbocycles. The van der Waals surface area contributed by atoms with E-state index in [0.29, 0.717) is 12.8 Å². The summed E-state index contributed by atoms with van der Waals surface area (Å²) in [6.45, 7) is 3.17. The van der Waals surface area contributed by atoms with E-state index in [-0.39, 0.29) is 12.8 Å². The summed E-state index contributed by atoms with van der Waals surface area (Å²) in [4.78, 5) is 35.7. The molecule has 352 valence electrons. The summed E-state index contributed by atoms with van der Waals surface area (Å²) in [5.41, 5.74) is 0. The van der Waals surface area contributed by atoms with Crippen LogP contribution < -0.4 is 0 Å². The average Bonchev–Trinajstić information content (AvgIpc) is 3.24. The fourth-order valence-electron chi connectivity index (χ4n) is 6.55. The summed E-state index contributed by atoms with van der Waals surface area (Å²) in [5.74, 6) is -1.14. The van der Waals surface area contributed by atoms with Crippen LogP contribution in [0.5, 0.6) is 0 Å². The van der Waals surface area contributed by atoms with Gasteiger partial charge in [-0.15, -0.1) is 0 Å². The van der Waals surface area contributed by atoms with E-state index in [1.54, 1.807) is 0 Å². The molecule has 8 atom stereocenters. The Labute approximate surface area is 366 Å². The Hall–Kier alpha value is -2.45. The van der Waals surface area contributed by atoms with E-state index in [2.05, 4.69) is 74.6 Å². The number of aliphatic hydroxyl groups is 5. The van der Waals surface area contributed by atoms with Gasteiger partial charge in [-0.1, -0.05) is 145 Å². The standard InChI is InChI=1S/C47H81O13P/c1-3-5-7-9-11-13-15-17-19-20-22-24-26-28-30-32-34-36-41(49)59-39(38-58-61(55,56)60-47-45(53)43(51)42(50)44(52)46(47)54)37-57-40(48)35-33-31-29-27-25-23-21-18-16-14-12-10-8-6-4-2/h7,9-10,12-13,15,19-20,24,26,39,42-47,50-54H,3-6,8,11,14,16-18,21-23,25,27-38H2,1-2H3,(H,55,56)/b9-7+,12-10+,15-13+,20-19+,26-24+/t39-,42?,43+,44?,45?,46?,47?/m1/s1. The molecule has 6 unspecified atom stereocenters. The fraction of sp³-hybridized carbons (Fsp3) is 0.745. The van der Waals surface area contributed by atoms with E-state index in [0.717, 1.165) is 77.0 Å². The third-order valence-electron chi connectivity index (χ3n) is 10.3. The predicted octanol–water partition coefficient (Wildman–Crippen LogP) is 8.94. The highest BCUT2D eigenvalue weighted by molar-refractivity contribution is 7.47. The van der Waals surface area contributed by atoms with Gasteiger partial charge in [0.25, 0.3) is 0 Å². The normalized spacial score (nSPS) is 22.6. The molecule has 61 heavy (non-hydrogen) atoms. The van der Waals surface area contributed by atoms with E-state index in [4.69, 9.17) is 18.5 Å². The van der Waals surface area contributed by atoms with E-state index >= 15 is 0 Å². The number of allylic oxidation sites excluding steroid dienone is 10. The maximum atomic E-state index is 12.8. The highest BCUT2D eigenvalue weighted by Gasteiger charge is 2.51. The molecule has 0 amide bonds. The van der Waals surface area contributed by atoms with Crippen LogP contribution in [-0.2, 0) is 32.7 Å². The number of phosphoric acid groups is 1. The number of carbonyl (C=O) groups is 2. The average molecular weight is 885 g/mol. The Morgan fingerprint density at radius 3 is 1.44 bits per heavy atom. The zero-order chi connectivity index (χ0) is 45.0. The molecule has 1 aliphatic carbocycles. The van der Waals surface area contributed by atoms with Crippen LogP contribution in [0, 0.1) is 0 Å². The number of phosphoric ester groups is 1. The zero-order valence-electron chi connectivity index (χ0n) is 37.2. The number of rotatable bonds is 37. The van der Waals surface area contributed by atoms with Gasteiger partial charge in [0.1, 0.15) is 43.2 Å². The number of hydrogen-bond donors (Lipinski definition) is 6. The van der Waals surface area contributed by atoms with Crippen molar-refractivity contribution in [2.45, 2.75) is 211 Å². The van der Waals surface area contributed by atoms with Crippen LogP contribution in [0.1, 0.15) is 168 Å². The van der Waals surface area contributed by atoms with Crippen LogP contribution in [0.2, 0.25) is 0 Å². The summed E-state index contributed by atoms with van der Waals surface area (Å²) in [6.07, 6.45) is 31.3. The van der Waals surface area contributed by atoms with Crippen molar-refractivity contribution in [3.05, 3.63) is 60.8 Å². The van der Waals surface area contributed by atoms with Gasteiger partial charge in [-0.25, -0.2) is 4.57 Å². The third kappa shape index (κ3) is 29.5. The van der Waals surface area contributed by atoms with Gasteiger partial charge in [0.05, 0.1) is 6.61 Å². The highest BCUT2D eigenvalue weighted by atomic mass is 31.2. The first-order valence-electron chi connectivity index (χ1n) is 23.1. The molecule has 1 fully saturated rings. The largest absolute Gasteiger partial charge is 0.472 e. The number of aliphatic hydroxyl groups excluding tert-OH is 5. The number of carbonyl (C=O) groups excluding carboxylic acids is 2. The Balaban J connectivity index is 2.49.